The van der Waals surface area contributed by atoms with Gasteiger partial charge in [-0.05, 0) is 30.2 Å². The fourth-order valence-corrected chi connectivity index (χ4v) is 4.60. The van der Waals surface area contributed by atoms with Crippen molar-refractivity contribution < 1.29 is 39.3 Å². The van der Waals surface area contributed by atoms with Crippen LogP contribution >= 0.6 is 11.8 Å². The molecule has 1 fully saturated rings. The summed E-state index contributed by atoms with van der Waals surface area (Å²) in [5, 5.41) is 33.0. The predicted octanol–water partition coefficient (Wildman–Crippen LogP) is 2.11. The van der Waals surface area contributed by atoms with Gasteiger partial charge in [-0.15, -0.1) is 11.8 Å². The molecule has 1 heterocycles. The van der Waals surface area contributed by atoms with Crippen LogP contribution in [0.5, 0.6) is 0 Å². The van der Waals surface area contributed by atoms with Gasteiger partial charge in [-0.1, -0.05) is 36.4 Å². The molecule has 35 heavy (non-hydrogen) atoms. The van der Waals surface area contributed by atoms with Crippen LogP contribution in [0.25, 0.3) is 0 Å². The molecule has 0 bridgehead atoms. The van der Waals surface area contributed by atoms with Gasteiger partial charge in [0.15, 0.2) is 0 Å². The summed E-state index contributed by atoms with van der Waals surface area (Å²) in [5.41, 5.74) is 0.847. The maximum absolute atomic E-state index is 13.0. The Balaban J connectivity index is 1.70. The summed E-state index contributed by atoms with van der Waals surface area (Å²) in [6.07, 6.45) is -0.261. The molecule has 2 aromatic carbocycles. The minimum atomic E-state index is -1.36. The highest BCUT2D eigenvalue weighted by molar-refractivity contribution is 8.00. The molecule has 3 rings (SSSR count). The number of hydrogen-bond acceptors (Lipinski definition) is 6. The van der Waals surface area contributed by atoms with E-state index in [1.54, 1.807) is 54.6 Å². The lowest BCUT2D eigenvalue weighted by Crippen LogP contribution is -2.47. The first-order chi connectivity index (χ1) is 16.7. The van der Waals surface area contributed by atoms with Gasteiger partial charge in [-0.3, -0.25) is 14.4 Å². The molecule has 1 aliphatic rings. The van der Waals surface area contributed by atoms with E-state index in [-0.39, 0.29) is 12.2 Å². The first-order valence-corrected chi connectivity index (χ1v) is 11.5. The summed E-state index contributed by atoms with van der Waals surface area (Å²) in [4.78, 5) is 61.4. The number of likely N-dealkylation sites (tertiary alicyclic amines) is 1. The highest BCUT2D eigenvalue weighted by Gasteiger charge is 2.50. The normalized spacial score (nSPS) is 19.1. The van der Waals surface area contributed by atoms with Gasteiger partial charge in [0.1, 0.15) is 6.04 Å². The first-order valence-electron chi connectivity index (χ1n) is 10.5. The lowest BCUT2D eigenvalue weighted by atomic mass is 9.93. The summed E-state index contributed by atoms with van der Waals surface area (Å²) in [5.74, 6) is -5.54. The number of nitrogens with zero attached hydrogens (tertiary/aromatic N) is 1. The zero-order chi connectivity index (χ0) is 25.5. The van der Waals surface area contributed by atoms with Crippen molar-refractivity contribution in [1.82, 2.24) is 10.2 Å². The number of carboxylic acid groups (broad SMARTS) is 3. The number of urea groups is 1. The number of hydrogen-bond donors (Lipinski definition) is 5. The van der Waals surface area contributed by atoms with Gasteiger partial charge < -0.3 is 30.9 Å². The topological polar surface area (TPSA) is 173 Å². The molecule has 0 aromatic heterocycles. The van der Waals surface area contributed by atoms with E-state index < -0.39 is 54.4 Å². The third-order valence-electron chi connectivity index (χ3n) is 5.38. The molecule has 3 amide bonds. The standard InChI is InChI=1S/C23H23N3O8S/c27-18(11-24-23(34)25-14-7-4-8-15(9-14)35-12-19(28)29)26-17(22(32)33)10-16(21(30)31)20(26)13-5-2-1-3-6-13/h1-9,16-17,20H,10-12H2,(H,28,29)(H,30,31)(H,32,33)(H2,24,25,34). The molecule has 12 heteroatoms. The molecule has 184 valence electrons. The molecule has 1 aliphatic heterocycles. The Bertz CT molecular complexity index is 1130. The molecule has 0 spiro atoms. The van der Waals surface area contributed by atoms with Crippen LogP contribution in [-0.4, -0.2) is 68.4 Å². The Morgan fingerprint density at radius 3 is 2.29 bits per heavy atom. The van der Waals surface area contributed by atoms with Crippen molar-refractivity contribution in [2.75, 3.05) is 17.6 Å². The van der Waals surface area contributed by atoms with Crippen molar-refractivity contribution in [3.8, 4) is 0 Å². The molecule has 3 atom stereocenters. The lowest BCUT2D eigenvalue weighted by molar-refractivity contribution is -0.149. The lowest BCUT2D eigenvalue weighted by Gasteiger charge is -2.30. The Morgan fingerprint density at radius 1 is 0.943 bits per heavy atom. The fourth-order valence-electron chi connectivity index (χ4n) is 3.93. The van der Waals surface area contributed by atoms with Crippen LogP contribution in [0, 0.1) is 5.92 Å². The van der Waals surface area contributed by atoms with Crippen molar-refractivity contribution in [2.45, 2.75) is 23.4 Å². The van der Waals surface area contributed by atoms with E-state index in [4.69, 9.17) is 5.11 Å². The SMILES string of the molecule is O=C(O)CSc1cccc(NC(=O)NCC(=O)N2C(C(=O)O)CC(C(=O)O)C2c2ccccc2)c1. The smallest absolute Gasteiger partial charge is 0.326 e. The number of aliphatic carboxylic acids is 3. The number of nitrogens with one attached hydrogen (secondary N) is 2. The van der Waals surface area contributed by atoms with Crippen LogP contribution < -0.4 is 10.6 Å². The van der Waals surface area contributed by atoms with Crippen LogP contribution in [0.1, 0.15) is 18.0 Å². The summed E-state index contributed by atoms with van der Waals surface area (Å²) >= 11 is 1.07. The number of benzene rings is 2. The highest BCUT2D eigenvalue weighted by atomic mass is 32.2. The number of carbonyl (C=O) groups excluding carboxylic acids is 2. The largest absolute Gasteiger partial charge is 0.481 e. The molecule has 0 aliphatic carbocycles. The predicted molar refractivity (Wildman–Crippen MR) is 125 cm³/mol. The monoisotopic (exact) mass is 501 g/mol. The van der Waals surface area contributed by atoms with Crippen LogP contribution in [-0.2, 0) is 19.2 Å². The first kappa shape index (κ1) is 25.6. The number of carbonyl (C=O) groups is 5. The number of carboxylic acids is 3. The average Bonchev–Trinajstić information content (AvgIpc) is 3.24. The molecule has 5 N–H and O–H groups in total. The fraction of sp³-hybridized carbons (Fsp3) is 0.261. The zero-order valence-electron chi connectivity index (χ0n) is 18.3. The highest BCUT2D eigenvalue weighted by Crippen LogP contribution is 2.41. The quantitative estimate of drug-likeness (QED) is 0.322. The van der Waals surface area contributed by atoms with Gasteiger partial charge >= 0.3 is 23.9 Å². The zero-order valence-corrected chi connectivity index (χ0v) is 19.1. The van der Waals surface area contributed by atoms with Gasteiger partial charge in [0.05, 0.1) is 24.3 Å². The van der Waals surface area contributed by atoms with Crippen molar-refractivity contribution in [3.05, 3.63) is 60.2 Å². The van der Waals surface area contributed by atoms with Gasteiger partial charge in [-0.2, -0.15) is 0 Å². The number of amides is 3. The molecule has 11 nitrogen and oxygen atoms in total. The van der Waals surface area contributed by atoms with Crippen LogP contribution in [0.3, 0.4) is 0 Å². The van der Waals surface area contributed by atoms with E-state index in [0.717, 1.165) is 16.7 Å². The number of thioether (sulfide) groups is 1. The third-order valence-corrected chi connectivity index (χ3v) is 6.36. The maximum atomic E-state index is 13.0. The van der Waals surface area contributed by atoms with E-state index in [1.165, 1.54) is 0 Å². The Morgan fingerprint density at radius 2 is 1.66 bits per heavy atom. The molecule has 1 saturated heterocycles. The minimum absolute atomic E-state index is 0.148. The second-order valence-electron chi connectivity index (χ2n) is 7.71. The summed E-state index contributed by atoms with van der Waals surface area (Å²) in [7, 11) is 0. The van der Waals surface area contributed by atoms with Crippen molar-refractivity contribution >= 4 is 47.3 Å². The number of rotatable bonds is 9. The van der Waals surface area contributed by atoms with E-state index in [9.17, 15) is 34.2 Å². The van der Waals surface area contributed by atoms with Gasteiger partial charge in [0, 0.05) is 10.6 Å². The van der Waals surface area contributed by atoms with Crippen molar-refractivity contribution in [1.29, 1.82) is 0 Å². The van der Waals surface area contributed by atoms with Crippen LogP contribution in [0.15, 0.2) is 59.5 Å². The van der Waals surface area contributed by atoms with Crippen LogP contribution in [0.4, 0.5) is 10.5 Å². The second kappa shape index (κ2) is 11.4. The summed E-state index contributed by atoms with van der Waals surface area (Å²) in [6.45, 7) is -0.557. The van der Waals surface area contributed by atoms with Gasteiger partial charge in [0.25, 0.3) is 0 Å². The van der Waals surface area contributed by atoms with Crippen LogP contribution in [0.2, 0.25) is 0 Å². The Kier molecular flexibility index (Phi) is 8.31. The number of anilines is 1. The molecular weight excluding hydrogens is 478 g/mol. The van der Waals surface area contributed by atoms with Gasteiger partial charge in [0.2, 0.25) is 5.91 Å². The van der Waals surface area contributed by atoms with E-state index in [0.29, 0.717) is 16.1 Å². The second-order valence-corrected chi connectivity index (χ2v) is 8.76. The van der Waals surface area contributed by atoms with Gasteiger partial charge in [-0.25, -0.2) is 9.59 Å². The van der Waals surface area contributed by atoms with E-state index in [1.807, 2.05) is 0 Å². The molecular formula is C23H23N3O8S. The van der Waals surface area contributed by atoms with Crippen molar-refractivity contribution in [3.63, 3.8) is 0 Å². The molecule has 3 unspecified atom stereocenters. The molecule has 0 saturated carbocycles. The summed E-state index contributed by atoms with van der Waals surface area (Å²) < 4.78 is 0. The third kappa shape index (κ3) is 6.51. The maximum Gasteiger partial charge on any atom is 0.326 e. The van der Waals surface area contributed by atoms with E-state index in [2.05, 4.69) is 10.6 Å². The molecule has 0 radical (unpaired) electrons. The minimum Gasteiger partial charge on any atom is -0.481 e. The van der Waals surface area contributed by atoms with E-state index >= 15 is 0 Å². The van der Waals surface area contributed by atoms with Crippen molar-refractivity contribution in [2.24, 2.45) is 5.92 Å². The summed E-state index contributed by atoms with van der Waals surface area (Å²) in [6, 6.07) is 11.7. The Labute approximate surface area is 204 Å². The Hall–Kier alpha value is -4.06. The molecule has 2 aromatic rings. The average molecular weight is 502 g/mol.